The number of rotatable bonds is 5. The first-order valence-corrected chi connectivity index (χ1v) is 7.95. The van der Waals surface area contributed by atoms with Crippen LogP contribution in [0.2, 0.25) is 0 Å². The molecule has 0 spiro atoms. The third kappa shape index (κ3) is 4.07. The average molecular weight is 351 g/mol. The van der Waals surface area contributed by atoms with E-state index in [1.54, 1.807) is 0 Å². The van der Waals surface area contributed by atoms with Gasteiger partial charge in [0.05, 0.1) is 12.3 Å². The van der Waals surface area contributed by atoms with Crippen LogP contribution in [-0.4, -0.2) is 29.3 Å². The predicted molar refractivity (Wildman–Crippen MR) is 96.0 cm³/mol. The molecular formula is C17H23ClN4O2. The van der Waals surface area contributed by atoms with Crippen LogP contribution in [0.1, 0.15) is 35.6 Å². The summed E-state index contributed by atoms with van der Waals surface area (Å²) in [6.45, 7) is 6.35. The minimum absolute atomic E-state index is 0. The standard InChI is InChI=1S/C17H22N4O2.ClH/c1-11(2)10-23-15-6-4-3-5-14(15)19-17(22)16-12-9-18-8-7-13(12)20-21-16;/h3-6,11,18H,7-10H2,1-2H3,(H,19,22)(H,20,21);1H. The molecule has 0 saturated carbocycles. The fourth-order valence-electron chi connectivity index (χ4n) is 2.55. The molecule has 1 aliphatic rings. The molecule has 130 valence electrons. The van der Waals surface area contributed by atoms with Crippen LogP contribution >= 0.6 is 12.4 Å². The minimum Gasteiger partial charge on any atom is -0.491 e. The number of halogens is 1. The molecule has 3 rings (SSSR count). The van der Waals surface area contributed by atoms with Crippen LogP contribution in [0, 0.1) is 5.92 Å². The van der Waals surface area contributed by atoms with E-state index >= 15 is 0 Å². The van der Waals surface area contributed by atoms with Crippen molar-refractivity contribution in [2.24, 2.45) is 5.92 Å². The van der Waals surface area contributed by atoms with Crippen LogP contribution in [0.3, 0.4) is 0 Å². The van der Waals surface area contributed by atoms with Gasteiger partial charge in [0, 0.05) is 30.8 Å². The van der Waals surface area contributed by atoms with Crippen molar-refractivity contribution >= 4 is 24.0 Å². The number of amides is 1. The maximum atomic E-state index is 12.6. The fraction of sp³-hybridized carbons (Fsp3) is 0.412. The average Bonchev–Trinajstić information content (AvgIpc) is 2.98. The molecular weight excluding hydrogens is 328 g/mol. The number of hydrogen-bond donors (Lipinski definition) is 3. The number of fused-ring (bicyclic) bond motifs is 1. The number of nitrogens with one attached hydrogen (secondary N) is 3. The van der Waals surface area contributed by atoms with Gasteiger partial charge in [-0.1, -0.05) is 26.0 Å². The fourth-order valence-corrected chi connectivity index (χ4v) is 2.55. The number of benzene rings is 1. The first kappa shape index (κ1) is 18.3. The Kier molecular flexibility index (Phi) is 6.23. The third-order valence-electron chi connectivity index (χ3n) is 3.73. The van der Waals surface area contributed by atoms with Crippen molar-refractivity contribution in [2.75, 3.05) is 18.5 Å². The number of aromatic amines is 1. The molecule has 6 nitrogen and oxygen atoms in total. The predicted octanol–water partition coefficient (Wildman–Crippen LogP) is 2.76. The lowest BCUT2D eigenvalue weighted by Crippen LogP contribution is -2.25. The first-order valence-electron chi connectivity index (χ1n) is 7.95. The number of carbonyl (C=O) groups excluding carboxylic acids is 1. The molecule has 1 amide bonds. The second kappa shape index (κ2) is 8.17. The summed E-state index contributed by atoms with van der Waals surface area (Å²) in [5.74, 6) is 0.882. The molecule has 1 aliphatic heterocycles. The number of anilines is 1. The van der Waals surface area contributed by atoms with E-state index < -0.39 is 0 Å². The van der Waals surface area contributed by atoms with E-state index in [4.69, 9.17) is 4.74 Å². The van der Waals surface area contributed by atoms with Crippen molar-refractivity contribution in [1.29, 1.82) is 0 Å². The summed E-state index contributed by atoms with van der Waals surface area (Å²) in [4.78, 5) is 12.6. The van der Waals surface area contributed by atoms with Crippen LogP contribution in [0.25, 0.3) is 0 Å². The monoisotopic (exact) mass is 350 g/mol. The van der Waals surface area contributed by atoms with Gasteiger partial charge >= 0.3 is 0 Å². The molecule has 0 saturated heterocycles. The van der Waals surface area contributed by atoms with Gasteiger partial charge in [-0.2, -0.15) is 5.10 Å². The van der Waals surface area contributed by atoms with Gasteiger partial charge in [-0.05, 0) is 18.1 Å². The SMILES string of the molecule is CC(C)COc1ccccc1NC(=O)c1n[nH]c2c1CNCC2.Cl. The number of aromatic nitrogens is 2. The maximum absolute atomic E-state index is 12.6. The van der Waals surface area contributed by atoms with Crippen LogP contribution in [0.15, 0.2) is 24.3 Å². The number of hydrogen-bond acceptors (Lipinski definition) is 4. The normalized spacial score (nSPS) is 13.1. The number of H-pyrrole nitrogens is 1. The highest BCUT2D eigenvalue weighted by Crippen LogP contribution is 2.25. The van der Waals surface area contributed by atoms with Crippen molar-refractivity contribution in [1.82, 2.24) is 15.5 Å². The summed E-state index contributed by atoms with van der Waals surface area (Å²) in [5, 5.41) is 13.3. The Hall–Kier alpha value is -2.05. The molecule has 0 atom stereocenters. The van der Waals surface area contributed by atoms with E-state index in [2.05, 4.69) is 34.7 Å². The van der Waals surface area contributed by atoms with Gasteiger partial charge in [0.2, 0.25) is 0 Å². The molecule has 3 N–H and O–H groups in total. The van der Waals surface area contributed by atoms with Gasteiger partial charge in [-0.3, -0.25) is 9.89 Å². The Morgan fingerprint density at radius 2 is 2.17 bits per heavy atom. The van der Waals surface area contributed by atoms with Gasteiger partial charge in [0.15, 0.2) is 5.69 Å². The Labute approximate surface area is 147 Å². The molecule has 0 fully saturated rings. The first-order chi connectivity index (χ1) is 11.1. The van der Waals surface area contributed by atoms with Crippen molar-refractivity contribution in [2.45, 2.75) is 26.8 Å². The van der Waals surface area contributed by atoms with Crippen LogP contribution in [-0.2, 0) is 13.0 Å². The lowest BCUT2D eigenvalue weighted by Gasteiger charge is -2.15. The summed E-state index contributed by atoms with van der Waals surface area (Å²) in [6.07, 6.45) is 0.865. The molecule has 0 bridgehead atoms. The van der Waals surface area contributed by atoms with Gasteiger partial charge in [-0.15, -0.1) is 12.4 Å². The van der Waals surface area contributed by atoms with E-state index in [9.17, 15) is 4.79 Å². The van der Waals surface area contributed by atoms with E-state index in [0.717, 1.165) is 24.2 Å². The van der Waals surface area contributed by atoms with Crippen molar-refractivity contribution in [3.05, 3.63) is 41.2 Å². The molecule has 0 aliphatic carbocycles. The largest absolute Gasteiger partial charge is 0.491 e. The Balaban J connectivity index is 0.00000208. The highest BCUT2D eigenvalue weighted by atomic mass is 35.5. The summed E-state index contributed by atoms with van der Waals surface area (Å²) in [5.41, 5.74) is 3.11. The van der Waals surface area contributed by atoms with E-state index in [1.807, 2.05) is 24.3 Å². The lowest BCUT2D eigenvalue weighted by atomic mass is 10.1. The molecule has 0 unspecified atom stereocenters. The number of para-hydroxylation sites is 2. The second-order valence-electron chi connectivity index (χ2n) is 6.11. The van der Waals surface area contributed by atoms with Gasteiger partial charge in [0.25, 0.3) is 5.91 Å². The van der Waals surface area contributed by atoms with E-state index in [-0.39, 0.29) is 18.3 Å². The molecule has 2 heterocycles. The van der Waals surface area contributed by atoms with Crippen molar-refractivity contribution in [3.8, 4) is 5.75 Å². The molecule has 0 radical (unpaired) electrons. The quantitative estimate of drug-likeness (QED) is 0.774. The summed E-state index contributed by atoms with van der Waals surface area (Å²) >= 11 is 0. The summed E-state index contributed by atoms with van der Waals surface area (Å²) < 4.78 is 5.77. The zero-order chi connectivity index (χ0) is 16.2. The van der Waals surface area contributed by atoms with Gasteiger partial charge < -0.3 is 15.4 Å². The van der Waals surface area contributed by atoms with Crippen LogP contribution < -0.4 is 15.4 Å². The van der Waals surface area contributed by atoms with Crippen molar-refractivity contribution < 1.29 is 9.53 Å². The molecule has 1 aromatic heterocycles. The lowest BCUT2D eigenvalue weighted by molar-refractivity contribution is 0.102. The molecule has 24 heavy (non-hydrogen) atoms. The molecule has 1 aromatic carbocycles. The Bertz CT molecular complexity index is 700. The van der Waals surface area contributed by atoms with Crippen LogP contribution in [0.5, 0.6) is 5.75 Å². The summed E-state index contributed by atoms with van der Waals surface area (Å²) in [7, 11) is 0. The number of carbonyl (C=O) groups is 1. The zero-order valence-electron chi connectivity index (χ0n) is 13.9. The Morgan fingerprint density at radius 3 is 2.96 bits per heavy atom. The maximum Gasteiger partial charge on any atom is 0.276 e. The van der Waals surface area contributed by atoms with Crippen molar-refractivity contribution in [3.63, 3.8) is 0 Å². The molecule has 2 aromatic rings. The third-order valence-corrected chi connectivity index (χ3v) is 3.73. The topological polar surface area (TPSA) is 79.0 Å². The highest BCUT2D eigenvalue weighted by Gasteiger charge is 2.22. The van der Waals surface area contributed by atoms with Crippen LogP contribution in [0.4, 0.5) is 5.69 Å². The van der Waals surface area contributed by atoms with E-state index in [0.29, 0.717) is 36.2 Å². The zero-order valence-corrected chi connectivity index (χ0v) is 14.7. The second-order valence-corrected chi connectivity index (χ2v) is 6.11. The molecule has 7 heteroatoms. The van der Waals surface area contributed by atoms with E-state index in [1.165, 1.54) is 0 Å². The number of nitrogens with zero attached hydrogens (tertiary/aromatic N) is 1. The minimum atomic E-state index is -0.216. The number of ether oxygens (including phenoxy) is 1. The Morgan fingerprint density at radius 1 is 1.38 bits per heavy atom. The smallest absolute Gasteiger partial charge is 0.276 e. The van der Waals surface area contributed by atoms with Gasteiger partial charge in [-0.25, -0.2) is 0 Å². The van der Waals surface area contributed by atoms with Gasteiger partial charge in [0.1, 0.15) is 5.75 Å². The summed E-state index contributed by atoms with van der Waals surface area (Å²) in [6, 6.07) is 7.47. The highest BCUT2D eigenvalue weighted by molar-refractivity contribution is 6.04.